The third-order valence-corrected chi connectivity index (χ3v) is 5.18. The van der Waals surface area contributed by atoms with Crippen molar-refractivity contribution in [1.82, 2.24) is 0 Å². The van der Waals surface area contributed by atoms with Crippen LogP contribution in [0.4, 0.5) is 18.9 Å². The fraction of sp³-hybridized carbons (Fsp3) is 0.167. The van der Waals surface area contributed by atoms with E-state index in [9.17, 15) is 18.0 Å². The number of para-hydroxylation sites is 1. The van der Waals surface area contributed by atoms with Gasteiger partial charge in [-0.3, -0.25) is 9.80 Å². The van der Waals surface area contributed by atoms with Crippen molar-refractivity contribution in [3.8, 4) is 5.75 Å². The van der Waals surface area contributed by atoms with Gasteiger partial charge in [0.05, 0.1) is 18.7 Å². The van der Waals surface area contributed by atoms with Crippen molar-refractivity contribution in [3.05, 3.63) is 96.1 Å². The second kappa shape index (κ2) is 8.26. The Kier molecular flexibility index (Phi) is 5.50. The summed E-state index contributed by atoms with van der Waals surface area (Å²) in [5, 5.41) is 5.11. The second-order valence-corrected chi connectivity index (χ2v) is 7.09. The molecule has 4 rings (SSSR count). The van der Waals surface area contributed by atoms with Crippen LogP contribution in [0.1, 0.15) is 21.8 Å². The Morgan fingerprint density at radius 1 is 0.935 bits per heavy atom. The molecule has 3 aromatic carbocycles. The minimum absolute atomic E-state index is 0.254. The fourth-order valence-electron chi connectivity index (χ4n) is 3.77. The Hall–Kier alpha value is -3.61. The van der Waals surface area contributed by atoms with Crippen molar-refractivity contribution in [2.75, 3.05) is 12.1 Å². The maximum absolute atomic E-state index is 14.1. The number of methoxy groups -OCH3 is 1. The zero-order valence-corrected chi connectivity index (χ0v) is 16.6. The number of ketones is 1. The molecule has 0 bridgehead atoms. The molecule has 0 amide bonds. The lowest BCUT2D eigenvalue weighted by molar-refractivity contribution is -0.0608. The molecule has 0 unspecified atom stereocenters. The van der Waals surface area contributed by atoms with E-state index >= 15 is 0 Å². The van der Waals surface area contributed by atoms with E-state index in [1.165, 1.54) is 18.2 Å². The van der Waals surface area contributed by atoms with Gasteiger partial charge in [-0.05, 0) is 29.8 Å². The Labute approximate surface area is 177 Å². The minimum Gasteiger partial charge on any atom is -0.497 e. The molecule has 7 heteroatoms. The maximum atomic E-state index is 14.1. The summed E-state index contributed by atoms with van der Waals surface area (Å²) in [6.45, 7) is 0. The largest absolute Gasteiger partial charge is 0.497 e. The number of ether oxygens (including phenoxy) is 1. The quantitative estimate of drug-likeness (QED) is 0.510. The number of benzene rings is 3. The van der Waals surface area contributed by atoms with Crippen molar-refractivity contribution < 1.29 is 22.7 Å². The molecular formula is C24H19F3N2O2. The minimum atomic E-state index is -4.70. The number of rotatable bonds is 5. The molecular weight excluding hydrogens is 405 g/mol. The molecule has 3 aromatic rings. The average molecular weight is 424 g/mol. The first-order valence-electron chi connectivity index (χ1n) is 9.63. The number of hydrogen-bond acceptors (Lipinski definition) is 4. The first-order chi connectivity index (χ1) is 14.9. The van der Waals surface area contributed by atoms with Gasteiger partial charge in [0.1, 0.15) is 11.8 Å². The second-order valence-electron chi connectivity index (χ2n) is 7.09. The number of nitrogens with zero attached hydrogens (tertiary/aromatic N) is 2. The van der Waals surface area contributed by atoms with Crippen molar-refractivity contribution in [2.45, 2.75) is 18.1 Å². The predicted molar refractivity (Wildman–Crippen MR) is 113 cm³/mol. The summed E-state index contributed by atoms with van der Waals surface area (Å²) in [6, 6.07) is 21.8. The summed E-state index contributed by atoms with van der Waals surface area (Å²) in [4.78, 5) is 13.6. The van der Waals surface area contributed by atoms with Gasteiger partial charge in [0.2, 0.25) is 0 Å². The topological polar surface area (TPSA) is 41.9 Å². The van der Waals surface area contributed by atoms with Crippen LogP contribution in [0, 0.1) is 0 Å². The van der Waals surface area contributed by atoms with Crippen molar-refractivity contribution in [2.24, 2.45) is 5.10 Å². The number of carbonyl (C=O) groups is 1. The molecule has 0 spiro atoms. The SMILES string of the molecule is COc1cccc(C(=O)[C@@H]2[C@@H](c3ccccc3)C(C(F)(F)F)=NN2c2ccccc2)c1. The Morgan fingerprint density at radius 2 is 1.58 bits per heavy atom. The van der Waals surface area contributed by atoms with E-state index in [1.807, 2.05) is 0 Å². The van der Waals surface area contributed by atoms with E-state index in [0.29, 0.717) is 17.0 Å². The number of anilines is 1. The smallest absolute Gasteiger partial charge is 0.431 e. The van der Waals surface area contributed by atoms with Gasteiger partial charge < -0.3 is 4.74 Å². The summed E-state index contributed by atoms with van der Waals surface area (Å²) in [7, 11) is 1.47. The summed E-state index contributed by atoms with van der Waals surface area (Å²) in [5.41, 5.74) is 0.0378. The van der Waals surface area contributed by atoms with Gasteiger partial charge >= 0.3 is 6.18 Å². The van der Waals surface area contributed by atoms with E-state index in [1.54, 1.807) is 78.9 Å². The van der Waals surface area contributed by atoms with E-state index in [0.717, 1.165) is 0 Å². The number of alkyl halides is 3. The van der Waals surface area contributed by atoms with Crippen LogP contribution >= 0.6 is 0 Å². The van der Waals surface area contributed by atoms with Gasteiger partial charge in [-0.2, -0.15) is 18.3 Å². The zero-order valence-electron chi connectivity index (χ0n) is 16.6. The summed E-state index contributed by atoms with van der Waals surface area (Å²) in [5.74, 6) is -1.30. The van der Waals surface area contributed by atoms with Gasteiger partial charge in [-0.25, -0.2) is 0 Å². The first kappa shape index (κ1) is 20.7. The van der Waals surface area contributed by atoms with Crippen LogP contribution in [0.2, 0.25) is 0 Å². The molecule has 0 saturated carbocycles. The molecule has 0 saturated heterocycles. The van der Waals surface area contributed by atoms with Crippen LogP contribution in [-0.2, 0) is 0 Å². The van der Waals surface area contributed by atoms with Crippen LogP contribution in [0.5, 0.6) is 5.75 Å². The Bertz CT molecular complexity index is 1100. The standard InChI is InChI=1S/C24H19F3N2O2/c1-31-19-14-8-11-17(15-19)22(30)21-20(16-9-4-2-5-10-16)23(24(25,26)27)28-29(21)18-12-6-3-7-13-18/h2-15,20-21H,1H3/t20-,21+/m1/s1. The highest BCUT2D eigenvalue weighted by molar-refractivity contribution is 6.11. The molecule has 0 N–H and O–H groups in total. The van der Waals surface area contributed by atoms with Crippen molar-refractivity contribution in [1.29, 1.82) is 0 Å². The number of hydrazone groups is 1. The van der Waals surface area contributed by atoms with Crippen LogP contribution in [0.15, 0.2) is 90.0 Å². The zero-order chi connectivity index (χ0) is 22.0. The van der Waals surface area contributed by atoms with E-state index in [-0.39, 0.29) is 5.56 Å². The number of hydrogen-bond donors (Lipinski definition) is 0. The maximum Gasteiger partial charge on any atom is 0.431 e. The van der Waals surface area contributed by atoms with Crippen molar-refractivity contribution in [3.63, 3.8) is 0 Å². The summed E-state index contributed by atoms with van der Waals surface area (Å²) >= 11 is 0. The summed E-state index contributed by atoms with van der Waals surface area (Å²) < 4.78 is 47.4. The highest BCUT2D eigenvalue weighted by Gasteiger charge is 2.53. The van der Waals surface area contributed by atoms with Gasteiger partial charge in [-0.1, -0.05) is 60.7 Å². The normalized spacial score (nSPS) is 18.6. The molecule has 2 atom stereocenters. The van der Waals surface area contributed by atoms with E-state index < -0.39 is 29.6 Å². The highest BCUT2D eigenvalue weighted by atomic mass is 19.4. The van der Waals surface area contributed by atoms with Gasteiger partial charge in [0.15, 0.2) is 11.5 Å². The first-order valence-corrected chi connectivity index (χ1v) is 9.63. The third-order valence-electron chi connectivity index (χ3n) is 5.18. The molecule has 31 heavy (non-hydrogen) atoms. The predicted octanol–water partition coefficient (Wildman–Crippen LogP) is 5.47. The van der Waals surface area contributed by atoms with E-state index in [4.69, 9.17) is 4.74 Å². The van der Waals surface area contributed by atoms with Crippen LogP contribution in [-0.4, -0.2) is 30.8 Å². The molecule has 0 aromatic heterocycles. The fourth-order valence-corrected chi connectivity index (χ4v) is 3.77. The average Bonchev–Trinajstić information content (AvgIpc) is 3.21. The third kappa shape index (κ3) is 4.03. The molecule has 0 fully saturated rings. The molecule has 1 heterocycles. The molecule has 1 aliphatic rings. The van der Waals surface area contributed by atoms with E-state index in [2.05, 4.69) is 5.10 Å². The summed E-state index contributed by atoms with van der Waals surface area (Å²) in [6.07, 6.45) is -4.70. The number of Topliss-reactive ketones (excluding diaryl/α,β-unsaturated/α-hetero) is 1. The number of halogens is 3. The highest BCUT2D eigenvalue weighted by Crippen LogP contribution is 2.41. The van der Waals surface area contributed by atoms with Crippen LogP contribution < -0.4 is 9.75 Å². The molecule has 4 nitrogen and oxygen atoms in total. The lowest BCUT2D eigenvalue weighted by Crippen LogP contribution is -2.41. The number of carbonyl (C=O) groups excluding carboxylic acids is 1. The van der Waals surface area contributed by atoms with Crippen LogP contribution in [0.25, 0.3) is 0 Å². The van der Waals surface area contributed by atoms with Gasteiger partial charge in [0, 0.05) is 5.56 Å². The molecule has 1 aliphatic heterocycles. The van der Waals surface area contributed by atoms with Crippen LogP contribution in [0.3, 0.4) is 0 Å². The van der Waals surface area contributed by atoms with Gasteiger partial charge in [0.25, 0.3) is 0 Å². The molecule has 158 valence electrons. The monoisotopic (exact) mass is 424 g/mol. The van der Waals surface area contributed by atoms with Crippen molar-refractivity contribution >= 4 is 17.2 Å². The van der Waals surface area contributed by atoms with Gasteiger partial charge in [-0.15, -0.1) is 0 Å². The lowest BCUT2D eigenvalue weighted by atomic mass is 9.83. The molecule has 0 radical (unpaired) electrons. The Morgan fingerprint density at radius 3 is 2.19 bits per heavy atom. The lowest BCUT2D eigenvalue weighted by Gasteiger charge is -2.27. The molecule has 0 aliphatic carbocycles. The Balaban J connectivity index is 1.89.